The zero-order valence-electron chi connectivity index (χ0n) is 13.9. The van der Waals surface area contributed by atoms with Crippen LogP contribution in [0, 0.1) is 6.92 Å². The van der Waals surface area contributed by atoms with Crippen LogP contribution in [-0.2, 0) is 6.54 Å². The van der Waals surface area contributed by atoms with E-state index < -0.39 is 0 Å². The summed E-state index contributed by atoms with van der Waals surface area (Å²) in [4.78, 5) is 7.11. The maximum Gasteiger partial charge on any atom is 0.110 e. The van der Waals surface area contributed by atoms with Gasteiger partial charge in [-0.2, -0.15) is 5.10 Å². The number of hydrogen-bond acceptors (Lipinski definition) is 4. The molecular weight excluding hydrogens is 316 g/mol. The Morgan fingerprint density at radius 2 is 2.17 bits per heavy atom. The number of thiazole rings is 1. The van der Waals surface area contributed by atoms with E-state index in [0.29, 0.717) is 6.04 Å². The van der Waals surface area contributed by atoms with Crippen LogP contribution in [0.15, 0.2) is 48.2 Å². The van der Waals surface area contributed by atoms with E-state index in [4.69, 9.17) is 0 Å². The average molecular weight is 338 g/mol. The van der Waals surface area contributed by atoms with Crippen LogP contribution in [0.5, 0.6) is 0 Å². The topological polar surface area (TPSA) is 34.0 Å². The van der Waals surface area contributed by atoms with Crippen LogP contribution >= 0.6 is 11.3 Å². The highest BCUT2D eigenvalue weighted by atomic mass is 32.1. The molecule has 1 fully saturated rings. The van der Waals surface area contributed by atoms with Crippen molar-refractivity contribution in [3.05, 3.63) is 64.4 Å². The molecule has 1 saturated heterocycles. The molecule has 1 atom stereocenters. The molecule has 5 heteroatoms. The third kappa shape index (κ3) is 3.14. The molecule has 4 nitrogen and oxygen atoms in total. The molecule has 0 bridgehead atoms. The second kappa shape index (κ2) is 6.87. The number of benzene rings is 1. The molecule has 4 rings (SSSR count). The lowest BCUT2D eigenvalue weighted by Crippen LogP contribution is -2.32. The first-order valence-corrected chi connectivity index (χ1v) is 9.42. The second-order valence-electron chi connectivity index (χ2n) is 6.43. The van der Waals surface area contributed by atoms with Gasteiger partial charge in [0.2, 0.25) is 0 Å². The third-order valence-corrected chi connectivity index (χ3v) is 5.61. The summed E-state index contributed by atoms with van der Waals surface area (Å²) in [7, 11) is 0. The number of piperidine rings is 1. The third-order valence-electron chi connectivity index (χ3n) is 4.73. The van der Waals surface area contributed by atoms with Crippen LogP contribution < -0.4 is 0 Å². The van der Waals surface area contributed by atoms with Gasteiger partial charge in [-0.1, -0.05) is 24.6 Å². The molecule has 2 aromatic heterocycles. The Kier molecular flexibility index (Phi) is 4.45. The molecule has 3 aromatic rings. The second-order valence-corrected chi connectivity index (χ2v) is 7.36. The van der Waals surface area contributed by atoms with Crippen molar-refractivity contribution in [2.45, 2.75) is 38.8 Å². The van der Waals surface area contributed by atoms with Crippen LogP contribution in [0.25, 0.3) is 5.69 Å². The number of para-hydroxylation sites is 1. The van der Waals surface area contributed by atoms with Crippen molar-refractivity contribution in [2.75, 3.05) is 6.54 Å². The van der Waals surface area contributed by atoms with Gasteiger partial charge in [-0.3, -0.25) is 4.90 Å². The summed E-state index contributed by atoms with van der Waals surface area (Å²) in [6.45, 7) is 4.20. The van der Waals surface area contributed by atoms with Gasteiger partial charge >= 0.3 is 0 Å². The molecule has 0 aliphatic carbocycles. The van der Waals surface area contributed by atoms with Gasteiger partial charge in [0, 0.05) is 29.9 Å². The minimum absolute atomic E-state index is 0.459. The van der Waals surface area contributed by atoms with Crippen LogP contribution in [0.1, 0.15) is 41.4 Å². The summed E-state index contributed by atoms with van der Waals surface area (Å²) >= 11 is 1.77. The molecule has 1 aliphatic rings. The maximum absolute atomic E-state index is 4.58. The van der Waals surface area contributed by atoms with Crippen molar-refractivity contribution >= 4 is 11.3 Å². The molecule has 0 amide bonds. The molecule has 1 aliphatic heterocycles. The van der Waals surface area contributed by atoms with E-state index >= 15 is 0 Å². The highest BCUT2D eigenvalue weighted by Gasteiger charge is 2.26. The summed E-state index contributed by atoms with van der Waals surface area (Å²) in [5.41, 5.74) is 3.66. The Bertz CT molecular complexity index is 793. The lowest BCUT2D eigenvalue weighted by molar-refractivity contribution is 0.140. The first-order valence-electron chi connectivity index (χ1n) is 8.54. The van der Waals surface area contributed by atoms with Gasteiger partial charge in [-0.15, -0.1) is 11.3 Å². The molecule has 0 saturated carbocycles. The number of hydrogen-bond donors (Lipinski definition) is 0. The van der Waals surface area contributed by atoms with E-state index in [0.717, 1.165) is 18.8 Å². The van der Waals surface area contributed by atoms with Crippen LogP contribution in [-0.4, -0.2) is 26.2 Å². The molecule has 1 unspecified atom stereocenters. The summed E-state index contributed by atoms with van der Waals surface area (Å²) in [6.07, 6.45) is 9.86. The molecule has 24 heavy (non-hydrogen) atoms. The quantitative estimate of drug-likeness (QED) is 0.708. The van der Waals surface area contributed by atoms with E-state index in [1.165, 1.54) is 35.4 Å². The van der Waals surface area contributed by atoms with Crippen LogP contribution in [0.4, 0.5) is 0 Å². The van der Waals surface area contributed by atoms with Crippen LogP contribution in [0.3, 0.4) is 0 Å². The average Bonchev–Trinajstić information content (AvgIpc) is 3.28. The Hall–Kier alpha value is -1.98. The fourth-order valence-electron chi connectivity index (χ4n) is 3.49. The normalized spacial score (nSPS) is 18.8. The van der Waals surface area contributed by atoms with E-state index in [1.54, 1.807) is 11.3 Å². The summed E-state index contributed by atoms with van der Waals surface area (Å²) in [5.74, 6) is 0. The monoisotopic (exact) mass is 338 g/mol. The molecule has 3 heterocycles. The van der Waals surface area contributed by atoms with Gasteiger partial charge in [0.15, 0.2) is 0 Å². The molecule has 124 valence electrons. The van der Waals surface area contributed by atoms with Crippen molar-refractivity contribution in [1.82, 2.24) is 19.7 Å². The van der Waals surface area contributed by atoms with Gasteiger partial charge < -0.3 is 0 Å². The zero-order chi connectivity index (χ0) is 16.4. The minimum Gasteiger partial charge on any atom is -0.290 e. The Balaban J connectivity index is 1.54. The number of likely N-dealkylation sites (tertiary alicyclic amines) is 1. The molecule has 0 radical (unpaired) electrons. The Morgan fingerprint density at radius 3 is 3.00 bits per heavy atom. The highest BCUT2D eigenvalue weighted by molar-refractivity contribution is 7.09. The van der Waals surface area contributed by atoms with Gasteiger partial charge in [-0.05, 0) is 37.9 Å². The van der Waals surface area contributed by atoms with E-state index in [9.17, 15) is 0 Å². The van der Waals surface area contributed by atoms with Crippen molar-refractivity contribution in [3.63, 3.8) is 0 Å². The molecule has 1 aromatic carbocycles. The van der Waals surface area contributed by atoms with Crippen molar-refractivity contribution < 1.29 is 0 Å². The van der Waals surface area contributed by atoms with E-state index in [1.807, 2.05) is 17.1 Å². The molecule has 0 spiro atoms. The number of nitrogens with zero attached hydrogens (tertiary/aromatic N) is 4. The highest BCUT2D eigenvalue weighted by Crippen LogP contribution is 2.33. The Morgan fingerprint density at radius 1 is 1.25 bits per heavy atom. The smallest absolute Gasteiger partial charge is 0.110 e. The van der Waals surface area contributed by atoms with Gasteiger partial charge in [-0.25, -0.2) is 9.67 Å². The number of aromatic nitrogens is 3. The van der Waals surface area contributed by atoms with Gasteiger partial charge in [0.25, 0.3) is 0 Å². The minimum atomic E-state index is 0.459. The number of rotatable bonds is 4. The molecule has 0 N–H and O–H groups in total. The van der Waals surface area contributed by atoms with Crippen molar-refractivity contribution in [1.29, 1.82) is 0 Å². The van der Waals surface area contributed by atoms with Crippen LogP contribution in [0.2, 0.25) is 0 Å². The zero-order valence-corrected chi connectivity index (χ0v) is 14.7. The van der Waals surface area contributed by atoms with Gasteiger partial charge in [0.05, 0.1) is 17.9 Å². The predicted molar refractivity (Wildman–Crippen MR) is 97.4 cm³/mol. The standard InChI is InChI=1S/C19H22N4S/c1-15-6-2-3-7-17(15)23-14-16(12-21-23)13-22-10-5-4-8-18(22)19-20-9-11-24-19/h2-3,6-7,9,11-12,14,18H,4-5,8,10,13H2,1H3. The number of aryl methyl sites for hydroxylation is 1. The summed E-state index contributed by atoms with van der Waals surface area (Å²) in [5, 5.41) is 7.91. The van der Waals surface area contributed by atoms with Gasteiger partial charge in [0.1, 0.15) is 5.01 Å². The lowest BCUT2D eigenvalue weighted by atomic mass is 10.0. The SMILES string of the molecule is Cc1ccccc1-n1cc(CN2CCCCC2c2nccs2)cn1. The maximum atomic E-state index is 4.58. The largest absolute Gasteiger partial charge is 0.290 e. The summed E-state index contributed by atoms with van der Waals surface area (Å²) < 4.78 is 1.99. The molecular formula is C19H22N4S. The first kappa shape index (κ1) is 15.5. The van der Waals surface area contributed by atoms with Crippen molar-refractivity contribution in [2.24, 2.45) is 0 Å². The lowest BCUT2D eigenvalue weighted by Gasteiger charge is -2.34. The van der Waals surface area contributed by atoms with E-state index in [2.05, 4.69) is 57.7 Å². The predicted octanol–water partition coefficient (Wildman–Crippen LogP) is 4.36. The Labute approximate surface area is 146 Å². The summed E-state index contributed by atoms with van der Waals surface area (Å²) in [6, 6.07) is 8.83. The van der Waals surface area contributed by atoms with E-state index in [-0.39, 0.29) is 0 Å². The van der Waals surface area contributed by atoms with Crippen molar-refractivity contribution in [3.8, 4) is 5.69 Å². The fourth-order valence-corrected chi connectivity index (χ4v) is 4.29. The fraction of sp³-hybridized carbons (Fsp3) is 0.368. The first-order chi connectivity index (χ1) is 11.8.